The summed E-state index contributed by atoms with van der Waals surface area (Å²) in [7, 11) is 0. The topological polar surface area (TPSA) is 90.5 Å². The van der Waals surface area contributed by atoms with E-state index in [0.29, 0.717) is 18.8 Å². The van der Waals surface area contributed by atoms with Crippen LogP contribution in [0.5, 0.6) is 0 Å². The number of rotatable bonds is 5. The van der Waals surface area contributed by atoms with Gasteiger partial charge in [-0.05, 0) is 37.1 Å². The molecule has 0 bridgehead atoms. The zero-order valence-electron chi connectivity index (χ0n) is 14.2. The number of carbonyl (C=O) groups is 3. The lowest BCUT2D eigenvalue weighted by molar-refractivity contribution is -0.127. The normalized spacial score (nSPS) is 17.9. The quantitative estimate of drug-likeness (QED) is 0.739. The molecule has 1 aliphatic carbocycles. The average Bonchev–Trinajstić information content (AvgIpc) is 3.15. The summed E-state index contributed by atoms with van der Waals surface area (Å²) in [6.07, 6.45) is 4.03. The van der Waals surface area contributed by atoms with E-state index in [9.17, 15) is 14.4 Å². The summed E-state index contributed by atoms with van der Waals surface area (Å²) < 4.78 is 0. The smallest absolute Gasteiger partial charge is 0.243 e. The van der Waals surface area contributed by atoms with Crippen LogP contribution in [0.1, 0.15) is 25.7 Å². The first-order valence-electron chi connectivity index (χ1n) is 8.81. The third kappa shape index (κ3) is 4.71. The number of carbonyl (C=O) groups excluding carboxylic acids is 3. The predicted octanol–water partition coefficient (Wildman–Crippen LogP) is 0.868. The van der Waals surface area contributed by atoms with Gasteiger partial charge in [-0.1, -0.05) is 12.8 Å². The number of anilines is 2. The van der Waals surface area contributed by atoms with Crippen LogP contribution >= 0.6 is 0 Å². The molecule has 0 atom stereocenters. The molecule has 1 saturated heterocycles. The number of benzene rings is 1. The Bertz CT molecular complexity index is 638. The highest BCUT2D eigenvalue weighted by Crippen LogP contribution is 2.24. The van der Waals surface area contributed by atoms with Crippen LogP contribution in [0.25, 0.3) is 0 Å². The van der Waals surface area contributed by atoms with Crippen LogP contribution in [0.3, 0.4) is 0 Å². The van der Waals surface area contributed by atoms with Crippen molar-refractivity contribution >= 4 is 29.1 Å². The van der Waals surface area contributed by atoms with E-state index in [0.717, 1.165) is 37.9 Å². The molecular formula is C18H24N4O3. The molecule has 0 spiro atoms. The lowest BCUT2D eigenvalue weighted by atomic mass is 10.1. The highest BCUT2D eigenvalue weighted by molar-refractivity contribution is 5.95. The minimum absolute atomic E-state index is 0.0105. The fraction of sp³-hybridized carbons (Fsp3) is 0.500. The molecule has 1 heterocycles. The molecule has 1 aliphatic heterocycles. The summed E-state index contributed by atoms with van der Waals surface area (Å²) in [5.41, 5.74) is 1.62. The molecule has 0 radical (unpaired) electrons. The van der Waals surface area contributed by atoms with E-state index in [-0.39, 0.29) is 30.2 Å². The summed E-state index contributed by atoms with van der Waals surface area (Å²) in [6.45, 7) is 1.74. The maximum absolute atomic E-state index is 12.0. The average molecular weight is 344 g/mol. The molecule has 2 aliphatic rings. The number of piperazine rings is 1. The Hall–Kier alpha value is -2.57. The van der Waals surface area contributed by atoms with Crippen LogP contribution in [-0.2, 0) is 14.4 Å². The highest BCUT2D eigenvalue weighted by Gasteiger charge is 2.22. The zero-order chi connectivity index (χ0) is 17.6. The van der Waals surface area contributed by atoms with Gasteiger partial charge in [0.1, 0.15) is 0 Å². The van der Waals surface area contributed by atoms with Crippen molar-refractivity contribution < 1.29 is 14.4 Å². The molecule has 1 aromatic rings. The fourth-order valence-electron chi connectivity index (χ4n) is 3.32. The van der Waals surface area contributed by atoms with E-state index < -0.39 is 0 Å². The molecule has 3 amide bonds. The van der Waals surface area contributed by atoms with Crippen LogP contribution in [0.4, 0.5) is 11.4 Å². The molecule has 1 saturated carbocycles. The van der Waals surface area contributed by atoms with Crippen molar-refractivity contribution in [3.8, 4) is 0 Å². The first-order chi connectivity index (χ1) is 12.1. The Labute approximate surface area is 147 Å². The monoisotopic (exact) mass is 344 g/mol. The van der Waals surface area contributed by atoms with Crippen LogP contribution < -0.4 is 20.9 Å². The van der Waals surface area contributed by atoms with Gasteiger partial charge in [0.2, 0.25) is 17.7 Å². The molecule has 134 valence electrons. The van der Waals surface area contributed by atoms with Crippen molar-refractivity contribution in [2.45, 2.75) is 25.7 Å². The van der Waals surface area contributed by atoms with Gasteiger partial charge in [0.15, 0.2) is 0 Å². The maximum Gasteiger partial charge on any atom is 0.243 e. The van der Waals surface area contributed by atoms with Crippen molar-refractivity contribution in [2.75, 3.05) is 36.4 Å². The van der Waals surface area contributed by atoms with Gasteiger partial charge in [-0.3, -0.25) is 14.4 Å². The van der Waals surface area contributed by atoms with Gasteiger partial charge in [-0.2, -0.15) is 0 Å². The van der Waals surface area contributed by atoms with Crippen molar-refractivity contribution in [1.29, 1.82) is 0 Å². The molecule has 3 N–H and O–H groups in total. The summed E-state index contributed by atoms with van der Waals surface area (Å²) in [5, 5.41) is 8.27. The molecule has 7 nitrogen and oxygen atoms in total. The Morgan fingerprint density at radius 3 is 2.56 bits per heavy atom. The molecule has 0 unspecified atom stereocenters. The third-order valence-electron chi connectivity index (χ3n) is 4.70. The first-order valence-corrected chi connectivity index (χ1v) is 8.81. The number of hydrogen-bond acceptors (Lipinski definition) is 4. The van der Waals surface area contributed by atoms with Gasteiger partial charge < -0.3 is 20.9 Å². The number of amides is 3. The summed E-state index contributed by atoms with van der Waals surface area (Å²) >= 11 is 0. The lowest BCUT2D eigenvalue weighted by Gasteiger charge is -2.28. The Morgan fingerprint density at radius 1 is 1.16 bits per heavy atom. The van der Waals surface area contributed by atoms with Crippen LogP contribution in [0.15, 0.2) is 24.3 Å². The summed E-state index contributed by atoms with van der Waals surface area (Å²) in [4.78, 5) is 37.3. The molecule has 25 heavy (non-hydrogen) atoms. The minimum atomic E-state index is -0.239. The van der Waals surface area contributed by atoms with Crippen molar-refractivity contribution in [2.24, 2.45) is 5.92 Å². The van der Waals surface area contributed by atoms with Crippen LogP contribution in [0.2, 0.25) is 0 Å². The number of nitrogens with one attached hydrogen (secondary N) is 3. The van der Waals surface area contributed by atoms with Gasteiger partial charge >= 0.3 is 0 Å². The molecule has 3 rings (SSSR count). The van der Waals surface area contributed by atoms with Gasteiger partial charge in [0, 0.05) is 30.4 Å². The third-order valence-corrected chi connectivity index (χ3v) is 4.70. The van der Waals surface area contributed by atoms with Gasteiger partial charge in [-0.25, -0.2) is 0 Å². The molecule has 1 aromatic carbocycles. The van der Waals surface area contributed by atoms with Crippen LogP contribution in [-0.4, -0.2) is 43.9 Å². The SMILES string of the molecule is O=C1CN(c2ccc(NC(=O)CNC(=O)C3CCCC3)cc2)CCN1. The highest BCUT2D eigenvalue weighted by atomic mass is 16.2. The summed E-state index contributed by atoms with van der Waals surface area (Å²) in [5.74, 6) is -0.182. The Kier molecular flexibility index (Phi) is 5.53. The Morgan fingerprint density at radius 2 is 1.88 bits per heavy atom. The van der Waals surface area contributed by atoms with E-state index in [2.05, 4.69) is 16.0 Å². The van der Waals surface area contributed by atoms with E-state index in [1.165, 1.54) is 0 Å². The second kappa shape index (κ2) is 8.00. The van der Waals surface area contributed by atoms with Crippen molar-refractivity contribution in [3.05, 3.63) is 24.3 Å². The van der Waals surface area contributed by atoms with E-state index in [1.54, 1.807) is 12.1 Å². The Balaban J connectivity index is 1.46. The molecule has 0 aromatic heterocycles. The maximum atomic E-state index is 12.0. The zero-order valence-corrected chi connectivity index (χ0v) is 14.2. The molecule has 2 fully saturated rings. The van der Waals surface area contributed by atoms with Crippen molar-refractivity contribution in [1.82, 2.24) is 10.6 Å². The standard InChI is InChI=1S/C18H24N4O3/c23-16(11-20-18(25)13-3-1-2-4-13)21-14-5-7-15(8-6-14)22-10-9-19-17(24)12-22/h5-8,13H,1-4,9-12H2,(H,19,24)(H,20,25)(H,21,23). The van der Waals surface area contributed by atoms with Crippen molar-refractivity contribution in [3.63, 3.8) is 0 Å². The second-order valence-electron chi connectivity index (χ2n) is 6.57. The second-order valence-corrected chi connectivity index (χ2v) is 6.57. The van der Waals surface area contributed by atoms with Gasteiger partial charge in [0.25, 0.3) is 0 Å². The van der Waals surface area contributed by atoms with E-state index in [4.69, 9.17) is 0 Å². The lowest BCUT2D eigenvalue weighted by Crippen LogP contribution is -2.47. The first kappa shape index (κ1) is 17.3. The minimum Gasteiger partial charge on any atom is -0.360 e. The van der Waals surface area contributed by atoms with Gasteiger partial charge in [-0.15, -0.1) is 0 Å². The largest absolute Gasteiger partial charge is 0.360 e. The summed E-state index contributed by atoms with van der Waals surface area (Å²) in [6, 6.07) is 7.37. The van der Waals surface area contributed by atoms with Crippen LogP contribution in [0, 0.1) is 5.92 Å². The van der Waals surface area contributed by atoms with E-state index in [1.807, 2.05) is 17.0 Å². The van der Waals surface area contributed by atoms with E-state index >= 15 is 0 Å². The fourth-order valence-corrected chi connectivity index (χ4v) is 3.32. The molecule has 7 heteroatoms. The number of nitrogens with zero attached hydrogens (tertiary/aromatic N) is 1. The van der Waals surface area contributed by atoms with Gasteiger partial charge in [0.05, 0.1) is 13.1 Å². The number of hydrogen-bond donors (Lipinski definition) is 3. The predicted molar refractivity (Wildman–Crippen MR) is 95.3 cm³/mol. The molecular weight excluding hydrogens is 320 g/mol.